The van der Waals surface area contributed by atoms with Crippen molar-refractivity contribution in [2.75, 3.05) is 43.4 Å². The van der Waals surface area contributed by atoms with Crippen molar-refractivity contribution < 1.29 is 13.5 Å². The van der Waals surface area contributed by atoms with Crippen LogP contribution in [0.2, 0.25) is 5.02 Å². The number of aromatic nitrogens is 2. The summed E-state index contributed by atoms with van der Waals surface area (Å²) in [5.74, 6) is -2.11. The first-order valence-electron chi connectivity index (χ1n) is 11.2. The van der Waals surface area contributed by atoms with E-state index in [1.54, 1.807) is 0 Å². The molecule has 2 N–H and O–H groups in total. The first-order valence-corrected chi connectivity index (χ1v) is 11.6. The van der Waals surface area contributed by atoms with E-state index in [1.807, 2.05) is 23.1 Å². The van der Waals surface area contributed by atoms with Crippen LogP contribution in [-0.2, 0) is 13.0 Å². The monoisotopic (exact) mass is 473 g/mol. The lowest BCUT2D eigenvalue weighted by Gasteiger charge is -2.32. The molecule has 2 aliphatic rings. The summed E-state index contributed by atoms with van der Waals surface area (Å²) in [6.45, 7) is 2.97. The number of piperidine rings is 1. The zero-order chi connectivity index (χ0) is 23.0. The first kappa shape index (κ1) is 22.1. The fourth-order valence-electron chi connectivity index (χ4n) is 4.62. The Hall–Kier alpha value is -2.71. The lowest BCUT2D eigenvalue weighted by atomic mass is 10.0. The van der Waals surface area contributed by atoms with Gasteiger partial charge in [-0.15, -0.1) is 0 Å². The summed E-state index contributed by atoms with van der Waals surface area (Å²) in [5.41, 5.74) is 9.07. The molecule has 1 saturated heterocycles. The Kier molecular flexibility index (Phi) is 5.97. The molecule has 5 rings (SSSR count). The number of hydrogen-bond acceptors (Lipinski definition) is 6. The van der Waals surface area contributed by atoms with Gasteiger partial charge in [0.05, 0.1) is 17.3 Å². The number of nitrogen functional groups attached to an aromatic ring is 1. The summed E-state index contributed by atoms with van der Waals surface area (Å²) in [6.07, 6.45) is 0.511. The molecule has 3 aromatic rings. The van der Waals surface area contributed by atoms with Crippen molar-refractivity contribution >= 4 is 33.9 Å². The van der Waals surface area contributed by atoms with E-state index in [9.17, 15) is 8.78 Å². The van der Waals surface area contributed by atoms with Gasteiger partial charge >= 0.3 is 6.01 Å². The Labute approximate surface area is 196 Å². The SMILES string of the molecule is Nc1nc(OCCN2CCC(F)(F)CC2)nc2c1CCN(c1cccc3cccc(Cl)c13)C2. The lowest BCUT2D eigenvalue weighted by Crippen LogP contribution is -2.41. The average molecular weight is 474 g/mol. The molecule has 0 saturated carbocycles. The van der Waals surface area contributed by atoms with Crippen LogP contribution in [0.3, 0.4) is 0 Å². The molecule has 33 heavy (non-hydrogen) atoms. The number of likely N-dealkylation sites (tertiary alicyclic amines) is 1. The Morgan fingerprint density at radius 3 is 2.61 bits per heavy atom. The third-order valence-electron chi connectivity index (χ3n) is 6.48. The second-order valence-corrected chi connectivity index (χ2v) is 9.06. The Balaban J connectivity index is 1.30. The highest BCUT2D eigenvalue weighted by Gasteiger charge is 2.33. The van der Waals surface area contributed by atoms with E-state index in [2.05, 4.69) is 33.1 Å². The van der Waals surface area contributed by atoms with E-state index in [4.69, 9.17) is 22.1 Å². The summed E-state index contributed by atoms with van der Waals surface area (Å²) in [7, 11) is 0. The van der Waals surface area contributed by atoms with E-state index in [1.165, 1.54) is 0 Å². The highest BCUT2D eigenvalue weighted by Crippen LogP contribution is 2.36. The molecule has 0 unspecified atom stereocenters. The van der Waals surface area contributed by atoms with E-state index >= 15 is 0 Å². The number of nitrogens with two attached hydrogens (primary N) is 1. The van der Waals surface area contributed by atoms with E-state index < -0.39 is 5.92 Å². The van der Waals surface area contributed by atoms with Crippen molar-refractivity contribution in [1.29, 1.82) is 0 Å². The Morgan fingerprint density at radius 1 is 1.06 bits per heavy atom. The Bertz CT molecular complexity index is 1160. The maximum absolute atomic E-state index is 13.3. The number of alkyl halides is 2. The van der Waals surface area contributed by atoms with Crippen molar-refractivity contribution in [3.05, 3.63) is 52.7 Å². The first-order chi connectivity index (χ1) is 15.9. The lowest BCUT2D eigenvalue weighted by molar-refractivity contribution is -0.0565. The number of nitrogens with zero attached hydrogens (tertiary/aromatic N) is 4. The molecule has 0 atom stereocenters. The summed E-state index contributed by atoms with van der Waals surface area (Å²) >= 11 is 6.53. The molecular weight excluding hydrogens is 448 g/mol. The predicted octanol–water partition coefficient (Wildman–Crippen LogP) is 4.54. The molecule has 174 valence electrons. The topological polar surface area (TPSA) is 67.5 Å². The molecule has 1 fully saturated rings. The molecule has 0 amide bonds. The third kappa shape index (κ3) is 4.68. The number of anilines is 2. The predicted molar refractivity (Wildman–Crippen MR) is 126 cm³/mol. The van der Waals surface area contributed by atoms with Crippen LogP contribution < -0.4 is 15.4 Å². The van der Waals surface area contributed by atoms with Gasteiger partial charge in [-0.1, -0.05) is 35.9 Å². The van der Waals surface area contributed by atoms with E-state index in [0.717, 1.165) is 45.7 Å². The Morgan fingerprint density at radius 2 is 1.82 bits per heavy atom. The van der Waals surface area contributed by atoms with Crippen molar-refractivity contribution in [2.45, 2.75) is 31.7 Å². The smallest absolute Gasteiger partial charge is 0.318 e. The van der Waals surface area contributed by atoms with Gasteiger partial charge in [0.1, 0.15) is 12.4 Å². The molecule has 3 heterocycles. The highest BCUT2D eigenvalue weighted by atomic mass is 35.5. The van der Waals surface area contributed by atoms with Crippen molar-refractivity contribution in [3.8, 4) is 6.01 Å². The largest absolute Gasteiger partial charge is 0.462 e. The van der Waals surface area contributed by atoms with Crippen LogP contribution >= 0.6 is 11.6 Å². The van der Waals surface area contributed by atoms with Crippen LogP contribution in [-0.4, -0.2) is 53.6 Å². The third-order valence-corrected chi connectivity index (χ3v) is 6.79. The van der Waals surface area contributed by atoms with Gasteiger partial charge in [0, 0.05) is 55.7 Å². The van der Waals surface area contributed by atoms with Gasteiger partial charge in [-0.2, -0.15) is 9.97 Å². The summed E-state index contributed by atoms with van der Waals surface area (Å²) in [4.78, 5) is 13.2. The molecule has 0 bridgehead atoms. The van der Waals surface area contributed by atoms with Gasteiger partial charge in [-0.3, -0.25) is 4.90 Å². The van der Waals surface area contributed by atoms with Crippen LogP contribution in [0.15, 0.2) is 36.4 Å². The van der Waals surface area contributed by atoms with Gasteiger partial charge in [-0.05, 0) is 23.9 Å². The molecular formula is C24H26ClF2N5O. The zero-order valence-corrected chi connectivity index (χ0v) is 19.0. The number of halogens is 3. The molecule has 1 aromatic heterocycles. The number of fused-ring (bicyclic) bond motifs is 2. The van der Waals surface area contributed by atoms with E-state index in [0.29, 0.717) is 38.6 Å². The fraction of sp³-hybridized carbons (Fsp3) is 0.417. The van der Waals surface area contributed by atoms with Gasteiger partial charge in [0.15, 0.2) is 0 Å². The standard InChI is InChI=1S/C24H26ClF2N5O/c25-18-5-1-3-16-4-2-6-20(21(16)18)32-10-7-17-19(15-32)29-23(30-22(17)28)33-14-13-31-11-8-24(26,27)9-12-31/h1-6H,7-15H2,(H2,28,29,30). The summed E-state index contributed by atoms with van der Waals surface area (Å²) < 4.78 is 32.4. The van der Waals surface area contributed by atoms with Crippen LogP contribution in [0, 0.1) is 0 Å². The summed E-state index contributed by atoms with van der Waals surface area (Å²) in [5, 5.41) is 2.83. The molecule has 2 aliphatic heterocycles. The molecule has 0 aliphatic carbocycles. The van der Waals surface area contributed by atoms with Gasteiger partial charge in [0.25, 0.3) is 5.92 Å². The van der Waals surface area contributed by atoms with Crippen LogP contribution in [0.4, 0.5) is 20.3 Å². The molecule has 0 spiro atoms. The maximum Gasteiger partial charge on any atom is 0.318 e. The van der Waals surface area contributed by atoms with Crippen LogP contribution in [0.25, 0.3) is 10.8 Å². The van der Waals surface area contributed by atoms with Crippen molar-refractivity contribution in [1.82, 2.24) is 14.9 Å². The zero-order valence-electron chi connectivity index (χ0n) is 18.2. The summed E-state index contributed by atoms with van der Waals surface area (Å²) in [6, 6.07) is 12.3. The molecule has 2 aromatic carbocycles. The minimum Gasteiger partial charge on any atom is -0.462 e. The van der Waals surface area contributed by atoms with Gasteiger partial charge in [-0.25, -0.2) is 8.78 Å². The minimum atomic E-state index is -2.55. The normalized spacial score (nSPS) is 18.3. The number of ether oxygens (including phenoxy) is 1. The van der Waals surface area contributed by atoms with Crippen LogP contribution in [0.1, 0.15) is 24.1 Å². The minimum absolute atomic E-state index is 0.108. The van der Waals surface area contributed by atoms with Crippen molar-refractivity contribution in [2.24, 2.45) is 0 Å². The van der Waals surface area contributed by atoms with Crippen molar-refractivity contribution in [3.63, 3.8) is 0 Å². The van der Waals surface area contributed by atoms with Gasteiger partial charge < -0.3 is 15.4 Å². The van der Waals surface area contributed by atoms with Crippen LogP contribution in [0.5, 0.6) is 6.01 Å². The molecule has 9 heteroatoms. The van der Waals surface area contributed by atoms with Gasteiger partial charge in [0.2, 0.25) is 0 Å². The maximum atomic E-state index is 13.3. The number of hydrogen-bond donors (Lipinski definition) is 1. The second-order valence-electron chi connectivity index (χ2n) is 8.65. The number of rotatable bonds is 5. The average Bonchev–Trinajstić information content (AvgIpc) is 2.80. The highest BCUT2D eigenvalue weighted by molar-refractivity contribution is 6.36. The second kappa shape index (κ2) is 8.91. The quantitative estimate of drug-likeness (QED) is 0.587. The number of benzene rings is 2. The van der Waals surface area contributed by atoms with E-state index in [-0.39, 0.29) is 18.9 Å². The fourth-order valence-corrected chi connectivity index (χ4v) is 4.89. The molecule has 0 radical (unpaired) electrons. The molecule has 6 nitrogen and oxygen atoms in total.